The van der Waals surface area contributed by atoms with Gasteiger partial charge in [0.05, 0.1) is 5.01 Å². The van der Waals surface area contributed by atoms with Gasteiger partial charge in [0.15, 0.2) is 0 Å². The van der Waals surface area contributed by atoms with Gasteiger partial charge in [0.2, 0.25) is 0 Å². The fraction of sp³-hybridized carbons (Fsp3) is 0.333. The fourth-order valence-corrected chi connectivity index (χ4v) is 1.29. The number of aromatic nitrogens is 1. The van der Waals surface area contributed by atoms with Gasteiger partial charge in [-0.1, -0.05) is 0 Å². The molecule has 1 aromatic rings. The Balaban J connectivity index is 2.19. The molecule has 0 saturated carbocycles. The van der Waals surface area contributed by atoms with Gasteiger partial charge in [-0.25, -0.2) is 9.78 Å². The summed E-state index contributed by atoms with van der Waals surface area (Å²) in [4.78, 5) is 14.3. The van der Waals surface area contributed by atoms with E-state index < -0.39 is 6.03 Å². The molecule has 0 saturated heterocycles. The van der Waals surface area contributed by atoms with Crippen molar-refractivity contribution in [1.29, 1.82) is 0 Å². The number of urea groups is 1. The van der Waals surface area contributed by atoms with Crippen LogP contribution in [0.25, 0.3) is 0 Å². The molecule has 0 aliphatic heterocycles. The summed E-state index contributed by atoms with van der Waals surface area (Å²) in [5.74, 6) is 0. The maximum atomic E-state index is 10.2. The highest BCUT2D eigenvalue weighted by Gasteiger charge is 1.95. The first kappa shape index (κ1) is 8.00. The number of primary amides is 1. The van der Waals surface area contributed by atoms with Crippen LogP contribution >= 0.6 is 11.3 Å². The number of nitrogens with two attached hydrogens (primary N) is 1. The number of amides is 2. The van der Waals surface area contributed by atoms with E-state index in [1.54, 1.807) is 17.5 Å². The highest BCUT2D eigenvalue weighted by Crippen LogP contribution is 2.02. The van der Waals surface area contributed by atoms with Gasteiger partial charge in [0.25, 0.3) is 0 Å². The molecule has 2 amide bonds. The van der Waals surface area contributed by atoms with Gasteiger partial charge in [-0.2, -0.15) is 0 Å². The molecule has 0 aromatic carbocycles. The number of carbonyl (C=O) groups is 1. The van der Waals surface area contributed by atoms with E-state index in [4.69, 9.17) is 5.73 Å². The van der Waals surface area contributed by atoms with Crippen LogP contribution in [0.2, 0.25) is 0 Å². The number of hydrogen-bond donors (Lipinski definition) is 2. The molecule has 4 nitrogen and oxygen atoms in total. The molecule has 0 unspecified atom stereocenters. The van der Waals surface area contributed by atoms with Crippen molar-refractivity contribution in [3.8, 4) is 0 Å². The maximum Gasteiger partial charge on any atom is 0.312 e. The highest BCUT2D eigenvalue weighted by molar-refractivity contribution is 7.09. The maximum absolute atomic E-state index is 10.2. The second-order valence-electron chi connectivity index (χ2n) is 1.97. The second kappa shape index (κ2) is 3.92. The first-order valence-electron chi connectivity index (χ1n) is 3.20. The Bertz CT molecular complexity index is 222. The summed E-state index contributed by atoms with van der Waals surface area (Å²) in [6, 6.07) is -0.485. The predicted octanol–water partition coefficient (Wildman–Crippen LogP) is 0.354. The Hall–Kier alpha value is -1.10. The number of nitrogens with one attached hydrogen (secondary N) is 1. The minimum atomic E-state index is -0.485. The third-order valence-electron chi connectivity index (χ3n) is 1.12. The molecule has 60 valence electrons. The number of nitrogens with zero attached hydrogens (tertiary/aromatic N) is 1. The van der Waals surface area contributed by atoms with Crippen LogP contribution in [0.4, 0.5) is 4.79 Å². The number of thiazole rings is 1. The summed E-state index contributed by atoms with van der Waals surface area (Å²) in [6.45, 7) is 0.558. The molecule has 5 heteroatoms. The minimum absolute atomic E-state index is 0.485. The van der Waals surface area contributed by atoms with Crippen molar-refractivity contribution in [2.24, 2.45) is 5.73 Å². The van der Waals surface area contributed by atoms with Crippen molar-refractivity contribution >= 4 is 17.4 Å². The molecular weight excluding hydrogens is 162 g/mol. The Kier molecular flexibility index (Phi) is 2.85. The van der Waals surface area contributed by atoms with Crippen molar-refractivity contribution in [3.05, 3.63) is 16.6 Å². The predicted molar refractivity (Wildman–Crippen MR) is 43.4 cm³/mol. The molecule has 0 spiro atoms. The summed E-state index contributed by atoms with van der Waals surface area (Å²) in [5.41, 5.74) is 4.86. The SMILES string of the molecule is NC(=O)NCCc1nccs1. The Labute approximate surface area is 68.4 Å². The largest absolute Gasteiger partial charge is 0.352 e. The molecule has 0 bridgehead atoms. The lowest BCUT2D eigenvalue weighted by Crippen LogP contribution is -2.30. The molecule has 0 aliphatic carbocycles. The number of rotatable bonds is 3. The lowest BCUT2D eigenvalue weighted by Gasteiger charge is -1.96. The summed E-state index contributed by atoms with van der Waals surface area (Å²) < 4.78 is 0. The van der Waals surface area contributed by atoms with Gasteiger partial charge in [-0.3, -0.25) is 0 Å². The smallest absolute Gasteiger partial charge is 0.312 e. The highest BCUT2D eigenvalue weighted by atomic mass is 32.1. The van der Waals surface area contributed by atoms with Crippen LogP contribution in [-0.2, 0) is 6.42 Å². The first-order valence-corrected chi connectivity index (χ1v) is 4.08. The molecular formula is C6H9N3OS. The van der Waals surface area contributed by atoms with Crippen LogP contribution < -0.4 is 11.1 Å². The van der Waals surface area contributed by atoms with Gasteiger partial charge in [0.1, 0.15) is 0 Å². The van der Waals surface area contributed by atoms with Gasteiger partial charge in [0, 0.05) is 24.5 Å². The second-order valence-corrected chi connectivity index (χ2v) is 2.95. The summed E-state index contributed by atoms with van der Waals surface area (Å²) in [5, 5.41) is 5.40. The molecule has 0 aliphatic rings. The number of carbonyl (C=O) groups excluding carboxylic acids is 1. The normalized spacial score (nSPS) is 9.45. The number of hydrogen-bond acceptors (Lipinski definition) is 3. The molecule has 1 aromatic heterocycles. The topological polar surface area (TPSA) is 68.0 Å². The van der Waals surface area contributed by atoms with E-state index >= 15 is 0 Å². The van der Waals surface area contributed by atoms with Crippen molar-refractivity contribution in [3.63, 3.8) is 0 Å². The molecule has 3 N–H and O–H groups in total. The van der Waals surface area contributed by atoms with Crippen molar-refractivity contribution in [1.82, 2.24) is 10.3 Å². The van der Waals surface area contributed by atoms with Crippen LogP contribution in [-0.4, -0.2) is 17.6 Å². The summed E-state index contributed by atoms with van der Waals surface area (Å²) in [7, 11) is 0. The van der Waals surface area contributed by atoms with E-state index in [-0.39, 0.29) is 0 Å². The van der Waals surface area contributed by atoms with Crippen molar-refractivity contribution in [2.75, 3.05) is 6.54 Å². The average molecular weight is 171 g/mol. The van der Waals surface area contributed by atoms with E-state index in [0.717, 1.165) is 11.4 Å². The summed E-state index contributed by atoms with van der Waals surface area (Å²) >= 11 is 1.57. The van der Waals surface area contributed by atoms with Gasteiger partial charge in [-0.05, 0) is 0 Å². The van der Waals surface area contributed by atoms with Gasteiger partial charge >= 0.3 is 6.03 Å². The van der Waals surface area contributed by atoms with E-state index in [1.807, 2.05) is 5.38 Å². The third-order valence-corrected chi connectivity index (χ3v) is 1.96. The zero-order valence-electron chi connectivity index (χ0n) is 5.91. The van der Waals surface area contributed by atoms with E-state index in [1.165, 1.54) is 0 Å². The van der Waals surface area contributed by atoms with Crippen molar-refractivity contribution in [2.45, 2.75) is 6.42 Å². The molecule has 1 rings (SSSR count). The molecule has 0 atom stereocenters. The summed E-state index contributed by atoms with van der Waals surface area (Å²) in [6.07, 6.45) is 2.49. The molecule has 0 radical (unpaired) electrons. The van der Waals surface area contributed by atoms with Crippen LogP contribution in [0.5, 0.6) is 0 Å². The van der Waals surface area contributed by atoms with Crippen LogP contribution in [0.1, 0.15) is 5.01 Å². The lowest BCUT2D eigenvalue weighted by atomic mass is 10.4. The zero-order chi connectivity index (χ0) is 8.10. The third kappa shape index (κ3) is 2.99. The lowest BCUT2D eigenvalue weighted by molar-refractivity contribution is 0.249. The Morgan fingerprint density at radius 3 is 3.18 bits per heavy atom. The molecule has 11 heavy (non-hydrogen) atoms. The average Bonchev–Trinajstić information content (AvgIpc) is 2.39. The zero-order valence-corrected chi connectivity index (χ0v) is 6.73. The minimum Gasteiger partial charge on any atom is -0.352 e. The Morgan fingerprint density at radius 2 is 2.64 bits per heavy atom. The molecule has 1 heterocycles. The first-order chi connectivity index (χ1) is 5.29. The fourth-order valence-electron chi connectivity index (χ4n) is 0.669. The van der Waals surface area contributed by atoms with Gasteiger partial charge < -0.3 is 11.1 Å². The van der Waals surface area contributed by atoms with E-state index in [2.05, 4.69) is 10.3 Å². The van der Waals surface area contributed by atoms with Crippen molar-refractivity contribution < 1.29 is 4.79 Å². The van der Waals surface area contributed by atoms with E-state index in [9.17, 15) is 4.79 Å². The van der Waals surface area contributed by atoms with Crippen LogP contribution in [0.15, 0.2) is 11.6 Å². The van der Waals surface area contributed by atoms with Crippen LogP contribution in [0, 0.1) is 0 Å². The molecule has 0 fully saturated rings. The monoisotopic (exact) mass is 171 g/mol. The van der Waals surface area contributed by atoms with Crippen LogP contribution in [0.3, 0.4) is 0 Å². The van der Waals surface area contributed by atoms with Gasteiger partial charge in [-0.15, -0.1) is 11.3 Å². The van der Waals surface area contributed by atoms with E-state index in [0.29, 0.717) is 6.54 Å². The quantitative estimate of drug-likeness (QED) is 0.689. The standard InChI is InChI=1S/C6H9N3OS/c7-6(10)9-2-1-5-8-3-4-11-5/h3-4H,1-2H2,(H3,7,9,10). The Morgan fingerprint density at radius 1 is 1.82 bits per heavy atom.